The number of aromatic hydroxyl groups is 2. The van der Waals surface area contributed by atoms with Gasteiger partial charge in [-0.1, -0.05) is 23.3 Å². The zero-order valence-electron chi connectivity index (χ0n) is 14.8. The Morgan fingerprint density at radius 3 is 1.57 bits per heavy atom. The van der Waals surface area contributed by atoms with E-state index in [0.717, 1.165) is 11.1 Å². The molecule has 0 saturated carbocycles. The summed E-state index contributed by atoms with van der Waals surface area (Å²) in [5.41, 5.74) is 3.19. The van der Waals surface area contributed by atoms with Crippen LogP contribution in [0.15, 0.2) is 23.3 Å². The Morgan fingerprint density at radius 2 is 1.30 bits per heavy atom. The van der Waals surface area contributed by atoms with Gasteiger partial charge in [-0.15, -0.1) is 0 Å². The maximum absolute atomic E-state index is 11.9. The molecule has 1 aromatic carbocycles. The normalized spacial score (nSPS) is 10.2. The minimum atomic E-state index is -0.375. The summed E-state index contributed by atoms with van der Waals surface area (Å²) >= 11 is 0. The predicted octanol–water partition coefficient (Wildman–Crippen LogP) is 4.33. The van der Waals surface area contributed by atoms with Gasteiger partial charge in [0.1, 0.15) is 22.8 Å². The number of hydrogen-bond donors (Lipinski definition) is 2. The summed E-state index contributed by atoms with van der Waals surface area (Å²) in [6.07, 6.45) is 4.76. The van der Waals surface area contributed by atoms with Crippen molar-refractivity contribution in [3.05, 3.63) is 40.0 Å². The highest BCUT2D eigenvalue weighted by Crippen LogP contribution is 2.43. The fourth-order valence-corrected chi connectivity index (χ4v) is 2.38. The van der Waals surface area contributed by atoms with E-state index in [4.69, 9.17) is 4.74 Å². The molecule has 0 aliphatic heterocycles. The van der Waals surface area contributed by atoms with Gasteiger partial charge in [0.15, 0.2) is 5.78 Å². The molecule has 4 nitrogen and oxygen atoms in total. The molecular formula is C19H26O4. The number of rotatable bonds is 6. The molecule has 126 valence electrons. The second kappa shape index (κ2) is 7.86. The monoisotopic (exact) mass is 318 g/mol. The van der Waals surface area contributed by atoms with Crippen LogP contribution in [0.3, 0.4) is 0 Å². The fraction of sp³-hybridized carbons (Fsp3) is 0.421. The molecule has 1 rings (SSSR count). The van der Waals surface area contributed by atoms with E-state index in [0.29, 0.717) is 29.7 Å². The highest BCUT2D eigenvalue weighted by molar-refractivity contribution is 6.01. The average Bonchev–Trinajstić information content (AvgIpc) is 2.43. The number of ketones is 1. The van der Waals surface area contributed by atoms with E-state index in [1.54, 1.807) is 0 Å². The maximum atomic E-state index is 11.9. The number of benzene rings is 1. The summed E-state index contributed by atoms with van der Waals surface area (Å²) in [7, 11) is 1.50. The lowest BCUT2D eigenvalue weighted by Crippen LogP contribution is -2.05. The van der Waals surface area contributed by atoms with Gasteiger partial charge in [0.2, 0.25) is 0 Å². The zero-order chi connectivity index (χ0) is 17.7. The van der Waals surface area contributed by atoms with E-state index in [9.17, 15) is 15.0 Å². The number of methoxy groups -OCH3 is 1. The van der Waals surface area contributed by atoms with E-state index >= 15 is 0 Å². The van der Waals surface area contributed by atoms with Gasteiger partial charge in [0, 0.05) is 11.1 Å². The molecule has 0 heterocycles. The first-order valence-electron chi connectivity index (χ1n) is 7.61. The molecule has 0 radical (unpaired) electrons. The lowest BCUT2D eigenvalue weighted by atomic mass is 9.94. The number of carbonyl (C=O) groups is 1. The predicted molar refractivity (Wildman–Crippen MR) is 92.6 cm³/mol. The molecule has 0 aliphatic carbocycles. The van der Waals surface area contributed by atoms with Crippen LogP contribution in [0, 0.1) is 0 Å². The first kappa shape index (κ1) is 18.8. The molecule has 0 spiro atoms. The Hall–Kier alpha value is -2.23. The van der Waals surface area contributed by atoms with Crippen LogP contribution in [-0.2, 0) is 12.8 Å². The van der Waals surface area contributed by atoms with Crippen LogP contribution in [0.4, 0.5) is 0 Å². The molecule has 0 unspecified atom stereocenters. The third kappa shape index (κ3) is 4.38. The molecule has 0 atom stereocenters. The van der Waals surface area contributed by atoms with Crippen molar-refractivity contribution in [2.24, 2.45) is 0 Å². The van der Waals surface area contributed by atoms with Crippen molar-refractivity contribution >= 4 is 5.78 Å². The SMILES string of the molecule is COc1c(CC=C(C)C)c(O)c(C(C)=O)c(O)c1CC=C(C)C. The standard InChI is InChI=1S/C19H26O4/c1-11(2)7-9-14-17(21)16(13(5)20)18(22)15(19(14)23-6)10-8-12(3)4/h7-8,21-22H,9-10H2,1-6H3. The van der Waals surface area contributed by atoms with Gasteiger partial charge in [-0.2, -0.15) is 0 Å². The van der Waals surface area contributed by atoms with Crippen LogP contribution >= 0.6 is 0 Å². The second-order valence-corrected chi connectivity index (χ2v) is 6.09. The van der Waals surface area contributed by atoms with Crippen molar-refractivity contribution < 1.29 is 19.7 Å². The maximum Gasteiger partial charge on any atom is 0.167 e. The largest absolute Gasteiger partial charge is 0.507 e. The van der Waals surface area contributed by atoms with Gasteiger partial charge in [-0.05, 0) is 47.5 Å². The molecule has 1 aromatic rings. The number of allylic oxidation sites excluding steroid dienone is 4. The van der Waals surface area contributed by atoms with Crippen molar-refractivity contribution in [3.8, 4) is 17.2 Å². The first-order valence-corrected chi connectivity index (χ1v) is 7.61. The number of phenolic OH excluding ortho intramolecular Hbond substituents is 2. The van der Waals surface area contributed by atoms with Crippen LogP contribution < -0.4 is 4.74 Å². The zero-order valence-corrected chi connectivity index (χ0v) is 14.8. The summed E-state index contributed by atoms with van der Waals surface area (Å²) in [6, 6.07) is 0. The molecular weight excluding hydrogens is 292 g/mol. The molecule has 0 bridgehead atoms. The molecule has 0 aliphatic rings. The topological polar surface area (TPSA) is 66.8 Å². The Labute approximate surface area is 138 Å². The van der Waals surface area contributed by atoms with Crippen LogP contribution in [0.25, 0.3) is 0 Å². The minimum Gasteiger partial charge on any atom is -0.507 e. The van der Waals surface area contributed by atoms with E-state index in [2.05, 4.69) is 0 Å². The summed E-state index contributed by atoms with van der Waals surface area (Å²) in [5, 5.41) is 20.9. The summed E-state index contributed by atoms with van der Waals surface area (Å²) in [6.45, 7) is 9.16. The van der Waals surface area contributed by atoms with Gasteiger partial charge >= 0.3 is 0 Å². The fourth-order valence-electron chi connectivity index (χ4n) is 2.38. The smallest absolute Gasteiger partial charge is 0.167 e. The van der Waals surface area contributed by atoms with Crippen LogP contribution in [0.1, 0.15) is 56.1 Å². The molecule has 23 heavy (non-hydrogen) atoms. The quantitative estimate of drug-likeness (QED) is 0.605. The van der Waals surface area contributed by atoms with Gasteiger partial charge < -0.3 is 14.9 Å². The Kier molecular flexibility index (Phi) is 6.43. The second-order valence-electron chi connectivity index (χ2n) is 6.09. The Morgan fingerprint density at radius 1 is 0.913 bits per heavy atom. The molecule has 2 N–H and O–H groups in total. The highest BCUT2D eigenvalue weighted by atomic mass is 16.5. The van der Waals surface area contributed by atoms with E-state index < -0.39 is 0 Å². The lowest BCUT2D eigenvalue weighted by molar-refractivity contribution is 0.101. The van der Waals surface area contributed by atoms with E-state index in [1.165, 1.54) is 14.0 Å². The lowest BCUT2D eigenvalue weighted by Gasteiger charge is -2.18. The molecule has 4 heteroatoms. The number of hydrogen-bond acceptors (Lipinski definition) is 4. The molecule has 0 amide bonds. The van der Waals surface area contributed by atoms with Gasteiger partial charge in [-0.25, -0.2) is 0 Å². The minimum absolute atomic E-state index is 0.0416. The number of Topliss-reactive ketones (excluding diaryl/α,β-unsaturated/α-hetero) is 1. The number of ether oxygens (including phenoxy) is 1. The summed E-state index contributed by atoms with van der Waals surface area (Å²) in [5.74, 6) is -0.352. The average molecular weight is 318 g/mol. The van der Waals surface area contributed by atoms with Crippen molar-refractivity contribution in [2.45, 2.75) is 47.5 Å². The van der Waals surface area contributed by atoms with Crippen LogP contribution in [0.5, 0.6) is 17.2 Å². The van der Waals surface area contributed by atoms with Crippen molar-refractivity contribution in [3.63, 3.8) is 0 Å². The van der Waals surface area contributed by atoms with E-state index in [1.807, 2.05) is 39.8 Å². The Balaban J connectivity index is 3.69. The van der Waals surface area contributed by atoms with Gasteiger partial charge in [0.25, 0.3) is 0 Å². The van der Waals surface area contributed by atoms with Crippen LogP contribution in [0.2, 0.25) is 0 Å². The van der Waals surface area contributed by atoms with Crippen molar-refractivity contribution in [2.75, 3.05) is 7.11 Å². The molecule has 0 aromatic heterocycles. The van der Waals surface area contributed by atoms with Crippen molar-refractivity contribution in [1.82, 2.24) is 0 Å². The number of carbonyl (C=O) groups excluding carboxylic acids is 1. The summed E-state index contributed by atoms with van der Waals surface area (Å²) < 4.78 is 5.45. The number of phenols is 2. The van der Waals surface area contributed by atoms with Crippen LogP contribution in [-0.4, -0.2) is 23.1 Å². The van der Waals surface area contributed by atoms with E-state index in [-0.39, 0.29) is 22.8 Å². The van der Waals surface area contributed by atoms with Gasteiger partial charge in [-0.3, -0.25) is 4.79 Å². The highest BCUT2D eigenvalue weighted by Gasteiger charge is 2.25. The summed E-state index contributed by atoms with van der Waals surface area (Å²) in [4.78, 5) is 11.9. The third-order valence-corrected chi connectivity index (χ3v) is 3.58. The first-order chi connectivity index (χ1) is 10.7. The van der Waals surface area contributed by atoms with Gasteiger partial charge in [0.05, 0.1) is 7.11 Å². The van der Waals surface area contributed by atoms with Crippen molar-refractivity contribution in [1.29, 1.82) is 0 Å². The Bertz CT molecular complexity index is 611. The third-order valence-electron chi connectivity index (χ3n) is 3.58. The molecule has 0 fully saturated rings. The molecule has 0 saturated heterocycles.